The number of piperidine rings is 1. The van der Waals surface area contributed by atoms with Crippen molar-refractivity contribution in [2.75, 3.05) is 23.3 Å². The number of aromatic nitrogens is 5. The number of nitrogens with one attached hydrogen (secondary N) is 1. The molecule has 1 aliphatic heterocycles. The van der Waals surface area contributed by atoms with Crippen LogP contribution in [0.2, 0.25) is 0 Å². The Morgan fingerprint density at radius 2 is 1.89 bits per heavy atom. The lowest BCUT2D eigenvalue weighted by atomic mass is 10.0. The number of hydrogen-bond donors (Lipinski definition) is 1. The Morgan fingerprint density at radius 3 is 2.66 bits per heavy atom. The highest BCUT2D eigenvalue weighted by Gasteiger charge is 2.30. The van der Waals surface area contributed by atoms with Crippen molar-refractivity contribution in [3.8, 4) is 11.4 Å². The third kappa shape index (κ3) is 4.36. The van der Waals surface area contributed by atoms with Crippen molar-refractivity contribution >= 4 is 28.4 Å². The molecule has 35 heavy (non-hydrogen) atoms. The molecule has 1 saturated carbocycles. The molecule has 10 heteroatoms. The molecule has 4 aromatic rings. The summed E-state index contributed by atoms with van der Waals surface area (Å²) in [6.45, 7) is 1.01. The van der Waals surface area contributed by atoms with Gasteiger partial charge in [-0.2, -0.15) is 0 Å². The summed E-state index contributed by atoms with van der Waals surface area (Å²) >= 11 is 0. The minimum atomic E-state index is -0.919. The van der Waals surface area contributed by atoms with Crippen molar-refractivity contribution in [3.05, 3.63) is 66.6 Å². The molecule has 1 aliphatic carbocycles. The summed E-state index contributed by atoms with van der Waals surface area (Å²) in [6, 6.07) is 4.18. The number of halogens is 3. The van der Waals surface area contributed by atoms with Crippen LogP contribution in [0.1, 0.15) is 30.7 Å². The predicted molar refractivity (Wildman–Crippen MR) is 126 cm³/mol. The van der Waals surface area contributed by atoms with Gasteiger partial charge in [0.05, 0.1) is 17.9 Å². The van der Waals surface area contributed by atoms with E-state index >= 15 is 0 Å². The molecule has 0 amide bonds. The monoisotopic (exact) mass is 476 g/mol. The highest BCUT2D eigenvalue weighted by atomic mass is 19.1. The van der Waals surface area contributed by atoms with Crippen LogP contribution < -0.4 is 10.2 Å². The van der Waals surface area contributed by atoms with Gasteiger partial charge in [-0.3, -0.25) is 4.98 Å². The fourth-order valence-electron chi connectivity index (χ4n) is 4.34. The van der Waals surface area contributed by atoms with Crippen LogP contribution in [-0.4, -0.2) is 44.2 Å². The lowest BCUT2D eigenvalue weighted by Crippen LogP contribution is -2.35. The second kappa shape index (κ2) is 8.75. The van der Waals surface area contributed by atoms with Gasteiger partial charge in [-0.15, -0.1) is 0 Å². The highest BCUT2D eigenvalue weighted by Crippen LogP contribution is 2.45. The molecule has 2 fully saturated rings. The Morgan fingerprint density at radius 1 is 1.00 bits per heavy atom. The summed E-state index contributed by atoms with van der Waals surface area (Å²) in [7, 11) is 0. The Hall–Kier alpha value is -3.82. The van der Waals surface area contributed by atoms with Crippen LogP contribution in [0.4, 0.5) is 30.6 Å². The van der Waals surface area contributed by atoms with E-state index in [1.54, 1.807) is 30.9 Å². The number of anilines is 3. The smallest absolute Gasteiger partial charge is 0.168 e. The largest absolute Gasteiger partial charge is 0.355 e. The molecule has 2 aliphatic rings. The molecule has 6 rings (SSSR count). The first kappa shape index (κ1) is 21.7. The van der Waals surface area contributed by atoms with E-state index < -0.39 is 17.8 Å². The van der Waals surface area contributed by atoms with Crippen molar-refractivity contribution in [1.82, 2.24) is 24.9 Å². The molecule has 1 saturated heterocycles. The SMILES string of the molecule is Fc1cnc(Nc2cc(-c3nc(N4C[CH]C(F)CC4)c4c(C5CC5)cncc4n3)ccn2)c(F)c1. The molecule has 1 radical (unpaired) electrons. The summed E-state index contributed by atoms with van der Waals surface area (Å²) in [5.41, 5.74) is 2.49. The first-order valence-corrected chi connectivity index (χ1v) is 11.5. The Bertz CT molecular complexity index is 1400. The van der Waals surface area contributed by atoms with Crippen molar-refractivity contribution in [3.63, 3.8) is 0 Å². The van der Waals surface area contributed by atoms with Crippen LogP contribution in [0, 0.1) is 18.1 Å². The van der Waals surface area contributed by atoms with Crippen LogP contribution in [0.15, 0.2) is 43.0 Å². The Labute approximate surface area is 199 Å². The van der Waals surface area contributed by atoms with Gasteiger partial charge in [0.15, 0.2) is 17.5 Å². The zero-order chi connectivity index (χ0) is 23.9. The van der Waals surface area contributed by atoms with Crippen LogP contribution in [0.25, 0.3) is 22.3 Å². The van der Waals surface area contributed by atoms with Gasteiger partial charge in [0.1, 0.15) is 23.6 Å². The lowest BCUT2D eigenvalue weighted by Gasteiger charge is -2.31. The minimum Gasteiger partial charge on any atom is -0.355 e. The average Bonchev–Trinajstić information content (AvgIpc) is 3.71. The molecular weight excluding hydrogens is 455 g/mol. The van der Waals surface area contributed by atoms with Crippen LogP contribution in [-0.2, 0) is 0 Å². The Kier molecular flexibility index (Phi) is 5.43. The van der Waals surface area contributed by atoms with Gasteiger partial charge >= 0.3 is 0 Å². The molecule has 0 aromatic carbocycles. The predicted octanol–water partition coefficient (Wildman–Crippen LogP) is 5.13. The molecule has 5 heterocycles. The minimum absolute atomic E-state index is 0.140. The molecule has 4 aromatic heterocycles. The van der Waals surface area contributed by atoms with Gasteiger partial charge < -0.3 is 10.2 Å². The van der Waals surface area contributed by atoms with Gasteiger partial charge in [0.25, 0.3) is 0 Å². The van der Waals surface area contributed by atoms with E-state index in [-0.39, 0.29) is 5.82 Å². The molecule has 1 atom stereocenters. The van der Waals surface area contributed by atoms with Crippen molar-refractivity contribution in [2.24, 2.45) is 0 Å². The standard InChI is InChI=1S/C25H21F3N7/c26-16-4-7-35(8-5-16)25-22-18(14-1-2-14)12-29-13-20(22)32-23(34-25)15-3-6-30-21(9-15)33-24-19(28)10-17(27)11-31-24/h3-4,6,9-14,16H,1-2,5,7-8H2,(H,30,31,33). The van der Waals surface area contributed by atoms with Gasteiger partial charge in [0.2, 0.25) is 0 Å². The van der Waals surface area contributed by atoms with E-state index in [4.69, 9.17) is 9.97 Å². The van der Waals surface area contributed by atoms with E-state index in [9.17, 15) is 13.2 Å². The number of rotatable bonds is 5. The van der Waals surface area contributed by atoms with Crippen LogP contribution in [0.5, 0.6) is 0 Å². The third-order valence-electron chi connectivity index (χ3n) is 6.26. The number of pyridine rings is 3. The Balaban J connectivity index is 1.42. The first-order chi connectivity index (χ1) is 17.0. The fraction of sp³-hybridized carbons (Fsp3) is 0.280. The van der Waals surface area contributed by atoms with E-state index in [0.29, 0.717) is 48.2 Å². The molecule has 1 unspecified atom stereocenters. The maximum atomic E-state index is 14.1. The second-order valence-electron chi connectivity index (χ2n) is 8.79. The molecule has 7 nitrogen and oxygen atoms in total. The zero-order valence-electron chi connectivity index (χ0n) is 18.6. The number of fused-ring (bicyclic) bond motifs is 1. The van der Waals surface area contributed by atoms with Crippen molar-refractivity contribution in [2.45, 2.75) is 31.4 Å². The average molecular weight is 476 g/mol. The topological polar surface area (TPSA) is 79.7 Å². The molecule has 177 valence electrons. The highest BCUT2D eigenvalue weighted by molar-refractivity contribution is 5.94. The van der Waals surface area contributed by atoms with E-state index in [1.165, 1.54) is 0 Å². The fourth-order valence-corrected chi connectivity index (χ4v) is 4.34. The van der Waals surface area contributed by atoms with E-state index in [0.717, 1.165) is 41.9 Å². The van der Waals surface area contributed by atoms with Crippen LogP contribution >= 0.6 is 0 Å². The molecule has 0 bridgehead atoms. The first-order valence-electron chi connectivity index (χ1n) is 11.5. The summed E-state index contributed by atoms with van der Waals surface area (Å²) in [5.74, 6) is 0.225. The van der Waals surface area contributed by atoms with Crippen molar-refractivity contribution in [1.29, 1.82) is 0 Å². The van der Waals surface area contributed by atoms with Gasteiger partial charge in [-0.1, -0.05) is 0 Å². The number of nitrogens with zero attached hydrogens (tertiary/aromatic N) is 6. The van der Waals surface area contributed by atoms with Crippen molar-refractivity contribution < 1.29 is 13.2 Å². The molecular formula is C25H21F3N7. The van der Waals surface area contributed by atoms with Crippen LogP contribution in [0.3, 0.4) is 0 Å². The van der Waals surface area contributed by atoms with E-state index in [2.05, 4.69) is 25.2 Å². The quantitative estimate of drug-likeness (QED) is 0.428. The van der Waals surface area contributed by atoms with E-state index in [1.807, 2.05) is 6.20 Å². The number of alkyl halides is 1. The second-order valence-corrected chi connectivity index (χ2v) is 8.79. The van der Waals surface area contributed by atoms with Gasteiger partial charge in [0, 0.05) is 48.9 Å². The third-order valence-corrected chi connectivity index (χ3v) is 6.26. The maximum absolute atomic E-state index is 14.1. The summed E-state index contributed by atoms with van der Waals surface area (Å²) in [5, 5.41) is 3.73. The van der Waals surface area contributed by atoms with Gasteiger partial charge in [-0.25, -0.2) is 33.1 Å². The number of hydrogen-bond acceptors (Lipinski definition) is 7. The zero-order valence-corrected chi connectivity index (χ0v) is 18.6. The summed E-state index contributed by atoms with van der Waals surface area (Å²) < 4.78 is 41.1. The molecule has 1 N–H and O–H groups in total. The summed E-state index contributed by atoms with van der Waals surface area (Å²) in [6.07, 6.45) is 9.44. The normalized spacial score (nSPS) is 16.6. The van der Waals surface area contributed by atoms with Gasteiger partial charge in [-0.05, 0) is 42.9 Å². The maximum Gasteiger partial charge on any atom is 0.168 e. The molecule has 0 spiro atoms. The summed E-state index contributed by atoms with van der Waals surface area (Å²) in [4.78, 5) is 24.2. The lowest BCUT2D eigenvalue weighted by molar-refractivity contribution is 0.334.